The monoisotopic (exact) mass is 385 g/mol. The number of hydrogen-bond donors (Lipinski definition) is 2. The average molecular weight is 386 g/mol. The molecule has 0 fully saturated rings. The number of carbonyl (C=O) groups is 2. The fourth-order valence-corrected chi connectivity index (χ4v) is 2.57. The van der Waals surface area contributed by atoms with Gasteiger partial charge in [0.15, 0.2) is 0 Å². The van der Waals surface area contributed by atoms with Crippen LogP contribution < -0.4 is 10.6 Å². The number of aromatic nitrogens is 1. The molecule has 7 heteroatoms. The van der Waals surface area contributed by atoms with Gasteiger partial charge in [-0.05, 0) is 36.4 Å². The van der Waals surface area contributed by atoms with Gasteiger partial charge < -0.3 is 10.6 Å². The normalized spacial score (nSPS) is 10.2. The Balaban J connectivity index is 1.77. The molecule has 5 nitrogen and oxygen atoms in total. The van der Waals surface area contributed by atoms with Gasteiger partial charge in [-0.25, -0.2) is 0 Å². The number of rotatable bonds is 4. The third kappa shape index (κ3) is 4.20. The van der Waals surface area contributed by atoms with Crippen LogP contribution in [-0.4, -0.2) is 16.8 Å². The van der Waals surface area contributed by atoms with Crippen LogP contribution in [0, 0.1) is 0 Å². The summed E-state index contributed by atoms with van der Waals surface area (Å²) in [6.45, 7) is 0. The van der Waals surface area contributed by atoms with Gasteiger partial charge in [-0.3, -0.25) is 14.6 Å². The zero-order chi connectivity index (χ0) is 18.5. The van der Waals surface area contributed by atoms with Crippen molar-refractivity contribution in [1.29, 1.82) is 0 Å². The number of nitrogens with zero attached hydrogens (tertiary/aromatic N) is 1. The summed E-state index contributed by atoms with van der Waals surface area (Å²) in [5, 5.41) is 6.20. The minimum absolute atomic E-state index is 0.0942. The fourth-order valence-electron chi connectivity index (χ4n) is 2.20. The Morgan fingerprint density at radius 1 is 0.769 bits per heavy atom. The standard InChI is InChI=1S/C19H13Cl2N3O2/c20-13-5-1-3-7-15(13)23-18(25)12-9-10-22-17(11-12)19(26)24-16-8-4-2-6-14(16)21/h1-11H,(H,23,25)(H,24,26). The Morgan fingerprint density at radius 2 is 1.31 bits per heavy atom. The lowest BCUT2D eigenvalue weighted by Gasteiger charge is -2.09. The van der Waals surface area contributed by atoms with Crippen LogP contribution in [0.2, 0.25) is 10.0 Å². The predicted molar refractivity (Wildman–Crippen MR) is 103 cm³/mol. The Bertz CT molecular complexity index is 902. The van der Waals surface area contributed by atoms with E-state index in [4.69, 9.17) is 23.2 Å². The number of pyridine rings is 1. The van der Waals surface area contributed by atoms with Crippen LogP contribution >= 0.6 is 23.2 Å². The van der Waals surface area contributed by atoms with Crippen LogP contribution in [0.1, 0.15) is 20.8 Å². The molecule has 2 amide bonds. The number of halogens is 2. The van der Waals surface area contributed by atoms with E-state index in [2.05, 4.69) is 15.6 Å². The molecule has 2 N–H and O–H groups in total. The molecular weight excluding hydrogens is 373 g/mol. The maximum atomic E-state index is 12.4. The fraction of sp³-hybridized carbons (Fsp3) is 0. The number of amides is 2. The van der Waals surface area contributed by atoms with Gasteiger partial charge in [0.25, 0.3) is 11.8 Å². The largest absolute Gasteiger partial charge is 0.321 e. The van der Waals surface area contributed by atoms with Crippen LogP contribution in [0.3, 0.4) is 0 Å². The molecular formula is C19H13Cl2N3O2. The molecule has 3 aromatic rings. The van der Waals surface area contributed by atoms with E-state index in [1.807, 2.05) is 0 Å². The molecule has 3 rings (SSSR count). The second-order valence-corrected chi connectivity index (χ2v) is 6.11. The van der Waals surface area contributed by atoms with E-state index in [9.17, 15) is 9.59 Å². The highest BCUT2D eigenvalue weighted by atomic mass is 35.5. The van der Waals surface area contributed by atoms with E-state index in [1.165, 1.54) is 18.3 Å². The van der Waals surface area contributed by atoms with Crippen molar-refractivity contribution in [1.82, 2.24) is 4.98 Å². The maximum Gasteiger partial charge on any atom is 0.274 e. The SMILES string of the molecule is O=C(Nc1ccccc1Cl)c1ccnc(C(=O)Nc2ccccc2Cl)c1. The van der Waals surface area contributed by atoms with Gasteiger partial charge in [-0.2, -0.15) is 0 Å². The molecule has 0 radical (unpaired) electrons. The molecule has 26 heavy (non-hydrogen) atoms. The van der Waals surface area contributed by atoms with E-state index >= 15 is 0 Å². The minimum Gasteiger partial charge on any atom is -0.321 e. The number of nitrogens with one attached hydrogen (secondary N) is 2. The molecule has 0 aliphatic carbocycles. The average Bonchev–Trinajstić information content (AvgIpc) is 2.65. The summed E-state index contributed by atoms with van der Waals surface area (Å²) in [6, 6.07) is 16.7. The minimum atomic E-state index is -0.467. The van der Waals surface area contributed by atoms with Gasteiger partial charge in [0, 0.05) is 11.8 Å². The Morgan fingerprint density at radius 3 is 1.88 bits per heavy atom. The second kappa shape index (κ2) is 7.99. The predicted octanol–water partition coefficient (Wildman–Crippen LogP) is 4.89. The summed E-state index contributed by atoms with van der Waals surface area (Å²) < 4.78 is 0. The van der Waals surface area contributed by atoms with Crippen molar-refractivity contribution >= 4 is 46.4 Å². The van der Waals surface area contributed by atoms with Crippen LogP contribution in [0.25, 0.3) is 0 Å². The summed E-state index contributed by atoms with van der Waals surface area (Å²) in [5.74, 6) is -0.863. The summed E-state index contributed by atoms with van der Waals surface area (Å²) in [6.07, 6.45) is 1.39. The number of anilines is 2. The molecule has 0 spiro atoms. The van der Waals surface area contributed by atoms with Crippen LogP contribution in [0.5, 0.6) is 0 Å². The van der Waals surface area contributed by atoms with E-state index in [1.54, 1.807) is 48.5 Å². The number of hydrogen-bond acceptors (Lipinski definition) is 3. The van der Waals surface area contributed by atoms with Crippen LogP contribution in [-0.2, 0) is 0 Å². The summed E-state index contributed by atoms with van der Waals surface area (Å²) in [4.78, 5) is 28.8. The van der Waals surface area contributed by atoms with Gasteiger partial charge in [0.1, 0.15) is 5.69 Å². The van der Waals surface area contributed by atoms with Gasteiger partial charge in [-0.1, -0.05) is 47.5 Å². The van der Waals surface area contributed by atoms with Crippen molar-refractivity contribution in [2.45, 2.75) is 0 Å². The molecule has 1 aromatic heterocycles. The first-order valence-corrected chi connectivity index (χ1v) is 8.38. The molecule has 0 saturated carbocycles. The van der Waals surface area contributed by atoms with Gasteiger partial charge in [0.05, 0.1) is 21.4 Å². The molecule has 2 aromatic carbocycles. The number of carbonyl (C=O) groups excluding carboxylic acids is 2. The van der Waals surface area contributed by atoms with Crippen molar-refractivity contribution in [2.75, 3.05) is 10.6 Å². The van der Waals surface area contributed by atoms with E-state index in [-0.39, 0.29) is 11.3 Å². The first-order chi connectivity index (χ1) is 12.5. The number of para-hydroxylation sites is 2. The highest BCUT2D eigenvalue weighted by molar-refractivity contribution is 6.34. The molecule has 0 unspecified atom stereocenters. The lowest BCUT2D eigenvalue weighted by molar-refractivity contribution is 0.102. The molecule has 0 atom stereocenters. The lowest BCUT2D eigenvalue weighted by atomic mass is 10.2. The number of benzene rings is 2. The quantitative estimate of drug-likeness (QED) is 0.671. The summed E-state index contributed by atoms with van der Waals surface area (Å²) in [7, 11) is 0. The molecule has 1 heterocycles. The van der Waals surface area contributed by atoms with Crippen molar-refractivity contribution in [2.24, 2.45) is 0 Å². The Hall–Kier alpha value is -2.89. The molecule has 130 valence electrons. The summed E-state index contributed by atoms with van der Waals surface area (Å²) >= 11 is 12.1. The van der Waals surface area contributed by atoms with Crippen molar-refractivity contribution < 1.29 is 9.59 Å². The van der Waals surface area contributed by atoms with E-state index < -0.39 is 11.8 Å². The smallest absolute Gasteiger partial charge is 0.274 e. The van der Waals surface area contributed by atoms with Crippen molar-refractivity contribution in [3.8, 4) is 0 Å². The van der Waals surface area contributed by atoms with Crippen molar-refractivity contribution in [3.63, 3.8) is 0 Å². The molecule has 0 aliphatic heterocycles. The van der Waals surface area contributed by atoms with E-state index in [0.717, 1.165) is 0 Å². The molecule has 0 saturated heterocycles. The lowest BCUT2D eigenvalue weighted by Crippen LogP contribution is -2.17. The van der Waals surface area contributed by atoms with Gasteiger partial charge in [-0.15, -0.1) is 0 Å². The Kier molecular flexibility index (Phi) is 5.51. The zero-order valence-corrected chi connectivity index (χ0v) is 14.9. The van der Waals surface area contributed by atoms with E-state index in [0.29, 0.717) is 21.4 Å². The highest BCUT2D eigenvalue weighted by Crippen LogP contribution is 2.22. The second-order valence-electron chi connectivity index (χ2n) is 5.30. The zero-order valence-electron chi connectivity index (χ0n) is 13.4. The Labute approximate surface area is 160 Å². The highest BCUT2D eigenvalue weighted by Gasteiger charge is 2.14. The van der Waals surface area contributed by atoms with Crippen molar-refractivity contribution in [3.05, 3.63) is 88.2 Å². The summed E-state index contributed by atoms with van der Waals surface area (Å²) in [5.41, 5.74) is 1.32. The van der Waals surface area contributed by atoms with Crippen LogP contribution in [0.15, 0.2) is 66.9 Å². The molecule has 0 bridgehead atoms. The first-order valence-electron chi connectivity index (χ1n) is 7.62. The topological polar surface area (TPSA) is 71.1 Å². The molecule has 0 aliphatic rings. The van der Waals surface area contributed by atoms with Gasteiger partial charge in [0.2, 0.25) is 0 Å². The maximum absolute atomic E-state index is 12.4. The third-order valence-electron chi connectivity index (χ3n) is 3.50. The van der Waals surface area contributed by atoms with Gasteiger partial charge >= 0.3 is 0 Å². The first kappa shape index (κ1) is 17.9. The third-order valence-corrected chi connectivity index (χ3v) is 4.16. The van der Waals surface area contributed by atoms with Crippen LogP contribution in [0.4, 0.5) is 11.4 Å².